The molecule has 1 aliphatic rings. The highest BCUT2D eigenvalue weighted by Crippen LogP contribution is 2.42. The number of hydrogen-bond donors (Lipinski definition) is 1. The predicted octanol–water partition coefficient (Wildman–Crippen LogP) is 3.14. The number of nitro benzene ring substituents is 1. The number of nitro groups is 1. The topological polar surface area (TPSA) is 86.2 Å². The summed E-state index contributed by atoms with van der Waals surface area (Å²) in [7, 11) is 0. The van der Waals surface area contributed by atoms with Gasteiger partial charge in [-0.25, -0.2) is 0 Å². The first-order chi connectivity index (χ1) is 8.93. The Kier molecular flexibility index (Phi) is 3.71. The van der Waals surface area contributed by atoms with Gasteiger partial charge in [-0.05, 0) is 18.8 Å². The van der Waals surface area contributed by atoms with Gasteiger partial charge in [0.1, 0.15) is 0 Å². The summed E-state index contributed by atoms with van der Waals surface area (Å²) in [6.07, 6.45) is 3.23. The Balaban J connectivity index is 2.68. The zero-order valence-corrected chi connectivity index (χ0v) is 10.7. The molecule has 1 amide bonds. The highest BCUT2D eigenvalue weighted by atomic mass is 35.5. The van der Waals surface area contributed by atoms with Crippen molar-refractivity contribution in [3.8, 4) is 0 Å². The Labute approximate surface area is 113 Å². The maximum atomic E-state index is 14.2. The molecule has 0 saturated heterocycles. The number of carbonyl (C=O) groups excluding carboxylic acids is 1. The first kappa shape index (κ1) is 13.7. The third-order valence-corrected chi connectivity index (χ3v) is 3.85. The fourth-order valence-electron chi connectivity index (χ4n) is 2.53. The zero-order valence-electron chi connectivity index (χ0n) is 9.99. The number of amides is 1. The van der Waals surface area contributed by atoms with Crippen molar-refractivity contribution in [2.45, 2.75) is 31.6 Å². The van der Waals surface area contributed by atoms with E-state index < -0.39 is 22.3 Å². The Morgan fingerprint density at radius 2 is 2.05 bits per heavy atom. The molecule has 0 unspecified atom stereocenters. The molecule has 7 heteroatoms. The van der Waals surface area contributed by atoms with E-state index in [1.54, 1.807) is 0 Å². The molecule has 102 valence electrons. The van der Waals surface area contributed by atoms with E-state index >= 15 is 0 Å². The molecule has 0 atom stereocenters. The van der Waals surface area contributed by atoms with Crippen molar-refractivity contribution in [1.82, 2.24) is 0 Å². The van der Waals surface area contributed by atoms with E-state index in [9.17, 15) is 19.3 Å². The fraction of sp³-hybridized carbons (Fsp3) is 0.417. The number of rotatable bonds is 3. The van der Waals surface area contributed by atoms with E-state index in [-0.39, 0.29) is 22.1 Å². The lowest BCUT2D eigenvalue weighted by molar-refractivity contribution is -0.387. The van der Waals surface area contributed by atoms with Crippen molar-refractivity contribution < 1.29 is 14.1 Å². The van der Waals surface area contributed by atoms with Gasteiger partial charge in [0.05, 0.1) is 15.5 Å². The molecule has 1 aromatic rings. The van der Waals surface area contributed by atoms with Crippen molar-refractivity contribution in [3.63, 3.8) is 0 Å². The minimum atomic E-state index is -0.952. The van der Waals surface area contributed by atoms with E-state index in [4.69, 9.17) is 17.3 Å². The van der Waals surface area contributed by atoms with Crippen LogP contribution in [0.15, 0.2) is 6.07 Å². The molecule has 2 rings (SSSR count). The van der Waals surface area contributed by atoms with Crippen molar-refractivity contribution >= 4 is 23.2 Å². The number of hydrogen-bond acceptors (Lipinski definition) is 3. The van der Waals surface area contributed by atoms with Gasteiger partial charge in [0.2, 0.25) is 11.7 Å². The molecule has 1 aromatic carbocycles. The van der Waals surface area contributed by atoms with Gasteiger partial charge in [-0.1, -0.05) is 24.4 Å². The third-order valence-electron chi connectivity index (χ3n) is 3.44. The second kappa shape index (κ2) is 5.13. The average molecular weight is 287 g/mol. The molecule has 0 heterocycles. The first-order valence-electron chi connectivity index (χ1n) is 5.89. The summed E-state index contributed by atoms with van der Waals surface area (Å²) in [5.41, 5.74) is 4.24. The molecule has 0 radical (unpaired) electrons. The highest BCUT2D eigenvalue weighted by Gasteiger charge is 2.31. The Hall–Kier alpha value is -1.69. The lowest BCUT2D eigenvalue weighted by Gasteiger charge is -2.15. The summed E-state index contributed by atoms with van der Waals surface area (Å²) in [6.45, 7) is 0. The lowest BCUT2D eigenvalue weighted by Crippen LogP contribution is -2.15. The molecule has 1 aliphatic carbocycles. The van der Waals surface area contributed by atoms with Crippen molar-refractivity contribution in [2.75, 3.05) is 0 Å². The van der Waals surface area contributed by atoms with Crippen molar-refractivity contribution in [1.29, 1.82) is 0 Å². The van der Waals surface area contributed by atoms with Crippen molar-refractivity contribution in [2.24, 2.45) is 5.73 Å². The number of nitrogens with two attached hydrogens (primary N) is 1. The summed E-state index contributed by atoms with van der Waals surface area (Å²) in [5.74, 6) is -2.04. The van der Waals surface area contributed by atoms with Gasteiger partial charge < -0.3 is 5.73 Å². The molecule has 0 spiro atoms. The normalized spacial score (nSPS) is 15.7. The first-order valence-corrected chi connectivity index (χ1v) is 6.27. The minimum Gasteiger partial charge on any atom is -0.366 e. The maximum absolute atomic E-state index is 14.2. The molecule has 19 heavy (non-hydrogen) atoms. The molecular weight excluding hydrogens is 275 g/mol. The molecule has 2 N–H and O–H groups in total. The zero-order chi connectivity index (χ0) is 14.2. The number of nitrogens with zero attached hydrogens (tertiary/aromatic N) is 1. The van der Waals surface area contributed by atoms with Crippen LogP contribution in [0, 0.1) is 15.9 Å². The SMILES string of the molecule is NC(=O)c1cc([N+](=O)[O-])c(F)c(C2CCCC2)c1Cl. The van der Waals surface area contributed by atoms with Crippen LogP contribution < -0.4 is 5.73 Å². The maximum Gasteiger partial charge on any atom is 0.305 e. The van der Waals surface area contributed by atoms with Crippen LogP contribution in [0.25, 0.3) is 0 Å². The predicted molar refractivity (Wildman–Crippen MR) is 67.8 cm³/mol. The van der Waals surface area contributed by atoms with E-state index in [0.29, 0.717) is 12.8 Å². The standard InChI is InChI=1S/C12H12ClFN2O3/c13-10-7(12(15)17)5-8(16(18)19)11(14)9(10)6-3-1-2-4-6/h5-6H,1-4H2,(H2,15,17). The van der Waals surface area contributed by atoms with E-state index in [0.717, 1.165) is 18.9 Å². The summed E-state index contributed by atoms with van der Waals surface area (Å²) in [6, 6.07) is 0.804. The van der Waals surface area contributed by atoms with E-state index in [2.05, 4.69) is 0 Å². The van der Waals surface area contributed by atoms with Crippen LogP contribution in [-0.2, 0) is 0 Å². The fourth-order valence-corrected chi connectivity index (χ4v) is 2.91. The van der Waals surface area contributed by atoms with Gasteiger partial charge >= 0.3 is 5.69 Å². The quantitative estimate of drug-likeness (QED) is 0.684. The smallest absolute Gasteiger partial charge is 0.305 e. The lowest BCUT2D eigenvalue weighted by atomic mass is 9.94. The molecule has 0 aliphatic heterocycles. The number of halogens is 2. The molecule has 0 bridgehead atoms. The van der Waals surface area contributed by atoms with Gasteiger partial charge in [0.25, 0.3) is 0 Å². The Morgan fingerprint density at radius 3 is 2.53 bits per heavy atom. The third kappa shape index (κ3) is 2.40. The van der Waals surface area contributed by atoms with E-state index in [1.165, 1.54) is 0 Å². The largest absolute Gasteiger partial charge is 0.366 e. The van der Waals surface area contributed by atoms with Gasteiger partial charge in [-0.15, -0.1) is 0 Å². The monoisotopic (exact) mass is 286 g/mol. The van der Waals surface area contributed by atoms with Crippen molar-refractivity contribution in [3.05, 3.63) is 38.1 Å². The van der Waals surface area contributed by atoms with Crippen LogP contribution in [0.5, 0.6) is 0 Å². The molecule has 1 fully saturated rings. The highest BCUT2D eigenvalue weighted by molar-refractivity contribution is 6.34. The van der Waals surface area contributed by atoms with Gasteiger partial charge in [-0.2, -0.15) is 4.39 Å². The summed E-state index contributed by atoms with van der Waals surface area (Å²) in [4.78, 5) is 21.2. The second-order valence-electron chi connectivity index (χ2n) is 4.59. The van der Waals surface area contributed by atoms with Gasteiger partial charge in [-0.3, -0.25) is 14.9 Å². The van der Waals surface area contributed by atoms with Crippen LogP contribution in [0.4, 0.5) is 10.1 Å². The molecule has 5 nitrogen and oxygen atoms in total. The van der Waals surface area contributed by atoms with Crippen LogP contribution in [-0.4, -0.2) is 10.8 Å². The van der Waals surface area contributed by atoms with Gasteiger partial charge in [0.15, 0.2) is 0 Å². The average Bonchev–Trinajstić information content (AvgIpc) is 2.81. The van der Waals surface area contributed by atoms with E-state index in [1.807, 2.05) is 0 Å². The molecule has 0 aromatic heterocycles. The summed E-state index contributed by atoms with van der Waals surface area (Å²) in [5, 5.41) is 10.8. The van der Waals surface area contributed by atoms with Crippen LogP contribution in [0.3, 0.4) is 0 Å². The number of primary amides is 1. The number of benzene rings is 1. The van der Waals surface area contributed by atoms with Crippen LogP contribution in [0.2, 0.25) is 5.02 Å². The Bertz CT molecular complexity index is 518. The van der Waals surface area contributed by atoms with Crippen LogP contribution in [0.1, 0.15) is 47.5 Å². The summed E-state index contributed by atoms with van der Waals surface area (Å²) < 4.78 is 14.2. The van der Waals surface area contributed by atoms with Crippen LogP contribution >= 0.6 is 11.6 Å². The second-order valence-corrected chi connectivity index (χ2v) is 4.97. The Morgan fingerprint density at radius 1 is 1.47 bits per heavy atom. The van der Waals surface area contributed by atoms with Gasteiger partial charge in [0, 0.05) is 11.6 Å². The summed E-state index contributed by atoms with van der Waals surface area (Å²) >= 11 is 6.00. The minimum absolute atomic E-state index is 0.0576. The number of carbonyl (C=O) groups is 1. The molecule has 1 saturated carbocycles. The molecular formula is C12H12ClFN2O3.